The summed E-state index contributed by atoms with van der Waals surface area (Å²) in [6.07, 6.45) is 2.32. The van der Waals surface area contributed by atoms with E-state index in [1.54, 1.807) is 6.92 Å². The first-order chi connectivity index (χ1) is 49.3. The van der Waals surface area contributed by atoms with Crippen molar-refractivity contribution in [1.29, 1.82) is 0 Å². The van der Waals surface area contributed by atoms with E-state index in [1.165, 1.54) is 118 Å². The Hall–Kier alpha value is -7.91. The molecule has 2 heterocycles. The maximum Gasteiger partial charge on any atom is 0.417 e. The molecule has 0 radical (unpaired) electrons. The highest BCUT2D eigenvalue weighted by atomic mass is 35.5. The highest BCUT2D eigenvalue weighted by Gasteiger charge is 2.52. The third-order valence-corrected chi connectivity index (χ3v) is 23.1. The van der Waals surface area contributed by atoms with Crippen molar-refractivity contribution in [2.24, 2.45) is 23.7 Å². The van der Waals surface area contributed by atoms with Crippen LogP contribution in [-0.4, -0.2) is 251 Å². The predicted molar refractivity (Wildman–Crippen MR) is 386 cm³/mol. The van der Waals surface area contributed by atoms with Crippen molar-refractivity contribution in [3.8, 4) is 0 Å². The molecule has 7 rings (SSSR count). The third-order valence-electron chi connectivity index (χ3n) is 22.8. The van der Waals surface area contributed by atoms with Gasteiger partial charge >= 0.3 is 6.18 Å². The first kappa shape index (κ1) is 84.4. The quantitative estimate of drug-likeness (QED) is 0.174. The molecule has 0 aromatic heterocycles. The molecule has 1 unspecified atom stereocenters. The van der Waals surface area contributed by atoms with Gasteiger partial charge in [0.2, 0.25) is 70.9 Å². The minimum Gasteiger partial charge on any atom is -0.347 e. The van der Waals surface area contributed by atoms with Gasteiger partial charge in [-0.25, -0.2) is 4.39 Å². The molecule has 12 amide bonds. The van der Waals surface area contributed by atoms with Gasteiger partial charge in [-0.2, -0.15) is 13.2 Å². The number of alkyl halides is 3. The number of carbonyl (C=O) groups is 12. The van der Waals surface area contributed by atoms with E-state index >= 15 is 24.0 Å². The van der Waals surface area contributed by atoms with E-state index in [1.807, 2.05) is 20.8 Å². The number of amides is 12. The van der Waals surface area contributed by atoms with Crippen LogP contribution >= 0.6 is 11.6 Å². The number of nitrogens with zero attached hydrogens (tertiary/aromatic N) is 9. The van der Waals surface area contributed by atoms with Crippen molar-refractivity contribution < 1.29 is 75.1 Å². The molecule has 1 spiro atoms. The molecule has 0 bridgehead atoms. The summed E-state index contributed by atoms with van der Waals surface area (Å²) in [5.41, 5.74) is -2.22. The zero-order valence-electron chi connectivity index (χ0n) is 63.6. The van der Waals surface area contributed by atoms with Crippen molar-refractivity contribution >= 4 is 82.5 Å². The van der Waals surface area contributed by atoms with Gasteiger partial charge in [-0.05, 0) is 124 Å². The van der Waals surface area contributed by atoms with Gasteiger partial charge in [0.05, 0.1) is 23.6 Å². The number of fused-ring (bicyclic) bond motifs is 1. The summed E-state index contributed by atoms with van der Waals surface area (Å²) in [4.78, 5) is 192. The zero-order valence-corrected chi connectivity index (χ0v) is 64.4. The van der Waals surface area contributed by atoms with Gasteiger partial charge in [-0.1, -0.05) is 122 Å². The van der Waals surface area contributed by atoms with Crippen molar-refractivity contribution in [2.75, 3.05) is 76.5 Å². The maximum absolute atomic E-state index is 15.8. The van der Waals surface area contributed by atoms with Crippen LogP contribution in [0.5, 0.6) is 0 Å². The molecule has 582 valence electrons. The summed E-state index contributed by atoms with van der Waals surface area (Å²) < 4.78 is 56.6. The normalized spacial score (nSPS) is 26.5. The molecule has 10 atom stereocenters. The Morgan fingerprint density at radius 1 is 0.657 bits per heavy atom. The Kier molecular flexibility index (Phi) is 29.4. The number of carbonyl (C=O) groups excluding carboxylic acids is 12. The Morgan fingerprint density at radius 2 is 1.26 bits per heavy atom. The first-order valence-electron chi connectivity index (χ1n) is 37.2. The molecule has 2 aromatic rings. The van der Waals surface area contributed by atoms with E-state index in [0.29, 0.717) is 50.5 Å². The van der Waals surface area contributed by atoms with Crippen LogP contribution < -0.4 is 16.0 Å². The molecular weight excluding hydrogens is 1380 g/mol. The number of hydrogen-bond acceptors (Lipinski definition) is 12. The molecule has 3 N–H and O–H groups in total. The second-order valence-electron chi connectivity index (χ2n) is 30.7. The van der Waals surface area contributed by atoms with E-state index in [2.05, 4.69) is 16.0 Å². The van der Waals surface area contributed by atoms with Crippen molar-refractivity contribution in [3.05, 3.63) is 70.0 Å². The first-order valence-corrected chi connectivity index (χ1v) is 37.6. The summed E-state index contributed by atoms with van der Waals surface area (Å²) in [5.74, 6) is -10.3. The average molecular weight is 1500 g/mol. The largest absolute Gasteiger partial charge is 0.417 e. The van der Waals surface area contributed by atoms with Gasteiger partial charge < -0.3 is 60.0 Å². The van der Waals surface area contributed by atoms with Crippen LogP contribution in [0.25, 0.3) is 0 Å². The molecule has 24 nitrogen and oxygen atoms in total. The summed E-state index contributed by atoms with van der Waals surface area (Å²) >= 11 is 6.19. The van der Waals surface area contributed by atoms with Crippen LogP contribution in [-0.2, 0) is 76.6 Å². The number of halogens is 5. The molecule has 2 aromatic carbocycles. The van der Waals surface area contributed by atoms with Gasteiger partial charge in [0.15, 0.2) is 0 Å². The summed E-state index contributed by atoms with van der Waals surface area (Å²) in [6.45, 7) is 8.23. The zero-order chi connectivity index (χ0) is 77.9. The van der Waals surface area contributed by atoms with Gasteiger partial charge in [-0.15, -0.1) is 0 Å². The van der Waals surface area contributed by atoms with Gasteiger partial charge in [-0.3, -0.25) is 57.5 Å². The number of aryl methyl sites for hydroxylation is 1. The summed E-state index contributed by atoms with van der Waals surface area (Å²) in [6, 6.07) is -3.53. The standard InChI is InChI=1S/C76H111ClF4N12O12/c1-15-46(4)63-72(103)87(9)47(5)67(98)93-38-35-56(93)71(102)90(12)59(42-48-23-17-16-18-24-48)70(101)86(8)44-61(94)82-55(34-30-49-29-33-53(54(77)40-49)76(79,80)81)68(99)89(11)58(41-50-27-31-52(78)32-28-50)66(97)84-75(36-21-22-37-75)74(105)92(14)64(51-25-19-20-26-51)73(104)91(13)60(69(100)85(6)7)43-62(95)88(10)57(39-45(2)3)65(96)83-63/h27-29,31-33,40,45-48,51,55-60,63-64H,15-26,30,34-39,41-44H2,1-14H3,(H,82,94)(H,83,96)(H,84,97)/t46-,47-,55-,56?,57-,58-,59-,60-,63-,64-/m0/s1. The van der Waals surface area contributed by atoms with Crippen molar-refractivity contribution in [2.45, 2.75) is 236 Å². The SMILES string of the molecule is CC[C@H](C)[C@@H]1NC(=O)[C@H](CC(C)C)N(C)C(=O)C[C@@H](C(=O)N(C)C)N(C)C(=O)[C@H](C2CCCC2)N(C)C(=O)C2(CCCC2)NC(=O)[C@H](Cc2ccc(F)cc2)N(C)C(=O)[C@H](CCc2ccc(C(F)(F)F)c(Cl)c2)NC(=O)CN(C)C(=O)[C@H](CC2CCCCC2)N(C)C(=O)C2CCN2C(=O)[C@H](C)N(C)C1=O. The smallest absolute Gasteiger partial charge is 0.347 e. The Morgan fingerprint density at radius 3 is 1.82 bits per heavy atom. The number of nitrogens with one attached hydrogen (secondary N) is 3. The molecule has 29 heteroatoms. The topological polar surface area (TPSA) is 270 Å². The maximum atomic E-state index is 15.8. The average Bonchev–Trinajstić information content (AvgIpc) is 1.59. The van der Waals surface area contributed by atoms with E-state index in [4.69, 9.17) is 11.6 Å². The van der Waals surface area contributed by atoms with E-state index in [0.717, 1.165) is 71.1 Å². The molecule has 2 aliphatic heterocycles. The third kappa shape index (κ3) is 20.4. The summed E-state index contributed by atoms with van der Waals surface area (Å²) in [7, 11) is 12.7. The van der Waals surface area contributed by atoms with Crippen molar-refractivity contribution in [3.63, 3.8) is 0 Å². The lowest BCUT2D eigenvalue weighted by molar-refractivity contribution is -0.160. The van der Waals surface area contributed by atoms with Gasteiger partial charge in [0.1, 0.15) is 65.7 Å². The minimum atomic E-state index is -4.80. The molecule has 5 aliphatic rings. The molecular formula is C76H111ClF4N12O12. The second kappa shape index (κ2) is 36.6. The molecule has 3 saturated carbocycles. The van der Waals surface area contributed by atoms with Crippen molar-refractivity contribution in [1.82, 2.24) is 60.0 Å². The predicted octanol–water partition coefficient (Wildman–Crippen LogP) is 6.86. The second-order valence-corrected chi connectivity index (χ2v) is 31.1. The number of rotatable bonds is 13. The Labute approximate surface area is 620 Å². The van der Waals surface area contributed by atoms with Gasteiger partial charge in [0.25, 0.3) is 0 Å². The van der Waals surface area contributed by atoms with Crippen LogP contribution in [0.2, 0.25) is 5.02 Å². The van der Waals surface area contributed by atoms with Crippen LogP contribution in [0.4, 0.5) is 17.6 Å². The number of benzene rings is 2. The highest BCUT2D eigenvalue weighted by molar-refractivity contribution is 6.31. The number of hydrogen-bond donors (Lipinski definition) is 3. The highest BCUT2D eigenvalue weighted by Crippen LogP contribution is 2.39. The minimum absolute atomic E-state index is 0.0136. The van der Waals surface area contributed by atoms with Crippen LogP contribution in [0.3, 0.4) is 0 Å². The van der Waals surface area contributed by atoms with E-state index in [-0.39, 0.29) is 75.3 Å². The van der Waals surface area contributed by atoms with E-state index in [9.17, 15) is 51.1 Å². The lowest BCUT2D eigenvalue weighted by Gasteiger charge is -2.45. The number of likely N-dealkylation sites (N-methyl/N-ethyl adjacent to an activating group) is 8. The van der Waals surface area contributed by atoms with Gasteiger partial charge in [0, 0.05) is 76.4 Å². The lowest BCUT2D eigenvalue weighted by Crippen LogP contribution is -2.65. The van der Waals surface area contributed by atoms with Crippen LogP contribution in [0.15, 0.2) is 42.5 Å². The molecule has 3 aliphatic carbocycles. The molecule has 5 fully saturated rings. The Balaban J connectivity index is 1.34. The fraction of sp³-hybridized carbons (Fsp3) is 0.684. The fourth-order valence-corrected chi connectivity index (χ4v) is 16.0. The lowest BCUT2D eigenvalue weighted by atomic mass is 9.84. The molecule has 2 saturated heterocycles. The molecule has 105 heavy (non-hydrogen) atoms. The van der Waals surface area contributed by atoms with Crippen LogP contribution in [0.1, 0.15) is 173 Å². The fourth-order valence-electron chi connectivity index (χ4n) is 15.7. The summed E-state index contributed by atoms with van der Waals surface area (Å²) in [5, 5.41) is 8.05. The monoisotopic (exact) mass is 1490 g/mol. The van der Waals surface area contributed by atoms with E-state index < -0.39 is 178 Å². The Bertz CT molecular complexity index is 3470. The van der Waals surface area contributed by atoms with Crippen LogP contribution in [0, 0.1) is 29.5 Å².